The Morgan fingerprint density at radius 2 is 2.33 bits per heavy atom. The maximum Gasteiger partial charge on any atom is 0.120 e. The highest BCUT2D eigenvalue weighted by atomic mass is 16.1. The fourth-order valence-electron chi connectivity index (χ4n) is 1.63. The summed E-state index contributed by atoms with van der Waals surface area (Å²) in [5, 5.41) is 7.95. The van der Waals surface area contributed by atoms with E-state index in [1.165, 1.54) is 0 Å². The Morgan fingerprint density at radius 1 is 1.53 bits per heavy atom. The van der Waals surface area contributed by atoms with Gasteiger partial charge in [0.05, 0.1) is 5.52 Å². The topological polar surface area (TPSA) is 47.8 Å². The molecule has 2 rings (SSSR count). The van der Waals surface area contributed by atoms with E-state index in [4.69, 9.17) is 0 Å². The molecule has 2 aromatic rings. The van der Waals surface area contributed by atoms with Crippen molar-refractivity contribution in [3.05, 3.63) is 23.8 Å². The van der Waals surface area contributed by atoms with Crippen LogP contribution in [0.2, 0.25) is 0 Å². The summed E-state index contributed by atoms with van der Waals surface area (Å²) in [5.74, 6) is 0.252. The fraction of sp³-hybridized carbons (Fsp3) is 0.364. The van der Waals surface area contributed by atoms with E-state index in [-0.39, 0.29) is 5.92 Å². The first-order valence-corrected chi connectivity index (χ1v) is 4.95. The van der Waals surface area contributed by atoms with Crippen molar-refractivity contribution in [2.75, 3.05) is 0 Å². The van der Waals surface area contributed by atoms with E-state index >= 15 is 0 Å². The largest absolute Gasteiger partial charge is 0.303 e. The molecule has 0 spiro atoms. The predicted octanol–water partition coefficient (Wildman–Crippen LogP) is 1.66. The average Bonchev–Trinajstić information content (AvgIpc) is 2.60. The van der Waals surface area contributed by atoms with Crippen LogP contribution in [-0.4, -0.2) is 21.3 Å². The molecule has 1 unspecified atom stereocenters. The van der Waals surface area contributed by atoms with Crippen LogP contribution in [0.25, 0.3) is 11.0 Å². The molecule has 4 nitrogen and oxygen atoms in total. The van der Waals surface area contributed by atoms with Crippen molar-refractivity contribution in [1.29, 1.82) is 0 Å². The zero-order valence-electron chi connectivity index (χ0n) is 8.84. The predicted molar refractivity (Wildman–Crippen MR) is 57.6 cm³/mol. The Kier molecular flexibility index (Phi) is 2.49. The van der Waals surface area contributed by atoms with Gasteiger partial charge in [-0.2, -0.15) is 0 Å². The van der Waals surface area contributed by atoms with Crippen LogP contribution in [0.15, 0.2) is 18.2 Å². The van der Waals surface area contributed by atoms with E-state index < -0.39 is 0 Å². The van der Waals surface area contributed by atoms with Gasteiger partial charge in [-0.25, -0.2) is 4.68 Å². The number of fused-ring (bicyclic) bond motifs is 1. The summed E-state index contributed by atoms with van der Waals surface area (Å²) in [6, 6.07) is 5.99. The lowest BCUT2D eigenvalue weighted by molar-refractivity contribution is -0.108. The first-order valence-electron chi connectivity index (χ1n) is 4.95. The molecule has 0 saturated heterocycles. The molecule has 78 valence electrons. The Bertz CT molecular complexity index is 490. The Labute approximate surface area is 87.9 Å². The molecule has 0 saturated carbocycles. The van der Waals surface area contributed by atoms with Gasteiger partial charge < -0.3 is 4.79 Å². The van der Waals surface area contributed by atoms with Crippen molar-refractivity contribution in [2.45, 2.75) is 19.3 Å². The SMILES string of the molecule is CC(CC=O)c1ccc2nnn(C)c2c1. The summed E-state index contributed by atoms with van der Waals surface area (Å²) in [7, 11) is 1.86. The molecule has 0 aliphatic carbocycles. The smallest absolute Gasteiger partial charge is 0.120 e. The van der Waals surface area contributed by atoms with E-state index in [1.807, 2.05) is 32.2 Å². The number of hydrogen-bond donors (Lipinski definition) is 0. The number of carbonyl (C=O) groups is 1. The molecule has 0 N–H and O–H groups in total. The number of nitrogens with zero attached hydrogens (tertiary/aromatic N) is 3. The number of rotatable bonds is 3. The lowest BCUT2D eigenvalue weighted by Crippen LogP contribution is -1.95. The number of aromatic nitrogens is 3. The van der Waals surface area contributed by atoms with Crippen molar-refractivity contribution >= 4 is 17.3 Å². The Hall–Kier alpha value is -1.71. The minimum Gasteiger partial charge on any atom is -0.303 e. The van der Waals surface area contributed by atoms with Gasteiger partial charge in [0, 0.05) is 13.5 Å². The van der Waals surface area contributed by atoms with Crippen molar-refractivity contribution < 1.29 is 4.79 Å². The third kappa shape index (κ3) is 1.75. The van der Waals surface area contributed by atoms with Crippen LogP contribution in [0.5, 0.6) is 0 Å². The standard InChI is InChI=1S/C11H13N3O/c1-8(5-6-15)9-3-4-10-11(7-9)14(2)13-12-10/h3-4,6-8H,5H2,1-2H3. The molecule has 1 heterocycles. The second-order valence-electron chi connectivity index (χ2n) is 3.76. The molecule has 1 aromatic heterocycles. The lowest BCUT2D eigenvalue weighted by atomic mass is 9.98. The van der Waals surface area contributed by atoms with Crippen LogP contribution in [0, 0.1) is 0 Å². The van der Waals surface area contributed by atoms with Crippen molar-refractivity contribution in [3.63, 3.8) is 0 Å². The van der Waals surface area contributed by atoms with E-state index in [9.17, 15) is 4.79 Å². The molecule has 15 heavy (non-hydrogen) atoms. The van der Waals surface area contributed by atoms with Crippen LogP contribution in [-0.2, 0) is 11.8 Å². The van der Waals surface area contributed by atoms with Gasteiger partial charge in [0.1, 0.15) is 11.8 Å². The summed E-state index contributed by atoms with van der Waals surface area (Å²) < 4.78 is 1.74. The van der Waals surface area contributed by atoms with Gasteiger partial charge in [-0.05, 0) is 23.6 Å². The summed E-state index contributed by atoms with van der Waals surface area (Å²) in [5.41, 5.74) is 3.05. The average molecular weight is 203 g/mol. The van der Waals surface area contributed by atoms with E-state index in [2.05, 4.69) is 10.3 Å². The molecular weight excluding hydrogens is 190 g/mol. The second kappa shape index (κ2) is 3.81. The van der Waals surface area contributed by atoms with Gasteiger partial charge >= 0.3 is 0 Å². The van der Waals surface area contributed by atoms with Gasteiger partial charge in [0.25, 0.3) is 0 Å². The highest BCUT2D eigenvalue weighted by molar-refractivity contribution is 5.75. The summed E-state index contributed by atoms with van der Waals surface area (Å²) in [6.07, 6.45) is 1.51. The molecule has 0 aliphatic heterocycles. The van der Waals surface area contributed by atoms with Crippen LogP contribution in [0.3, 0.4) is 0 Å². The molecule has 0 bridgehead atoms. The maximum absolute atomic E-state index is 10.4. The Balaban J connectivity index is 2.45. The third-order valence-corrected chi connectivity index (χ3v) is 2.65. The van der Waals surface area contributed by atoms with Crippen molar-refractivity contribution in [1.82, 2.24) is 15.0 Å². The second-order valence-corrected chi connectivity index (χ2v) is 3.76. The van der Waals surface area contributed by atoms with Gasteiger partial charge in [0.15, 0.2) is 0 Å². The zero-order chi connectivity index (χ0) is 10.8. The Morgan fingerprint density at radius 3 is 3.07 bits per heavy atom. The maximum atomic E-state index is 10.4. The summed E-state index contributed by atoms with van der Waals surface area (Å²) in [6.45, 7) is 2.04. The van der Waals surface area contributed by atoms with E-state index in [0.29, 0.717) is 6.42 Å². The minimum absolute atomic E-state index is 0.252. The number of aryl methyl sites for hydroxylation is 1. The highest BCUT2D eigenvalue weighted by Crippen LogP contribution is 2.21. The van der Waals surface area contributed by atoms with Crippen LogP contribution in [0.4, 0.5) is 0 Å². The quantitative estimate of drug-likeness (QED) is 0.713. The number of benzene rings is 1. The number of carbonyl (C=O) groups excluding carboxylic acids is 1. The molecule has 0 aliphatic rings. The molecule has 0 radical (unpaired) electrons. The third-order valence-electron chi connectivity index (χ3n) is 2.65. The van der Waals surface area contributed by atoms with E-state index in [1.54, 1.807) is 4.68 Å². The van der Waals surface area contributed by atoms with Crippen molar-refractivity contribution in [2.24, 2.45) is 7.05 Å². The summed E-state index contributed by atoms with van der Waals surface area (Å²) in [4.78, 5) is 10.4. The molecular formula is C11H13N3O. The van der Waals surface area contributed by atoms with Gasteiger partial charge in [0.2, 0.25) is 0 Å². The first-order chi connectivity index (χ1) is 7.22. The van der Waals surface area contributed by atoms with Crippen LogP contribution >= 0.6 is 0 Å². The summed E-state index contributed by atoms with van der Waals surface area (Å²) >= 11 is 0. The van der Waals surface area contributed by atoms with Gasteiger partial charge in [-0.15, -0.1) is 5.10 Å². The van der Waals surface area contributed by atoms with Crippen molar-refractivity contribution in [3.8, 4) is 0 Å². The molecule has 4 heteroatoms. The minimum atomic E-state index is 0.252. The van der Waals surface area contributed by atoms with Crippen LogP contribution < -0.4 is 0 Å². The normalized spacial score (nSPS) is 12.9. The van der Waals surface area contributed by atoms with E-state index in [0.717, 1.165) is 22.9 Å². The molecule has 1 atom stereocenters. The van der Waals surface area contributed by atoms with Crippen LogP contribution in [0.1, 0.15) is 24.8 Å². The molecule has 0 fully saturated rings. The zero-order valence-corrected chi connectivity index (χ0v) is 8.84. The highest BCUT2D eigenvalue weighted by Gasteiger charge is 2.07. The van der Waals surface area contributed by atoms with Gasteiger partial charge in [-0.3, -0.25) is 0 Å². The van der Waals surface area contributed by atoms with Gasteiger partial charge in [-0.1, -0.05) is 18.2 Å². The fourth-order valence-corrected chi connectivity index (χ4v) is 1.63. The molecule has 0 amide bonds. The monoisotopic (exact) mass is 203 g/mol. The lowest BCUT2D eigenvalue weighted by Gasteiger charge is -2.07. The first kappa shape index (κ1) is 9.83. The number of aldehydes is 1. The number of hydrogen-bond acceptors (Lipinski definition) is 3. The molecule has 1 aromatic carbocycles.